The van der Waals surface area contributed by atoms with Crippen LogP contribution in [0.1, 0.15) is 145 Å². The number of fused-ring (bicyclic) bond motifs is 6. The largest absolute Gasteiger partial charge is 0.381 e. The van der Waals surface area contributed by atoms with Gasteiger partial charge in [0, 0.05) is 50.3 Å². The molecule has 1 saturated heterocycles. The van der Waals surface area contributed by atoms with E-state index in [4.69, 9.17) is 29.4 Å². The van der Waals surface area contributed by atoms with E-state index >= 15 is 0 Å². The number of ether oxygens (including phenoxy) is 2. The Kier molecular flexibility index (Phi) is 11.1. The predicted octanol–water partition coefficient (Wildman–Crippen LogP) is 9.97. The van der Waals surface area contributed by atoms with E-state index in [2.05, 4.69) is 53.3 Å². The van der Waals surface area contributed by atoms with Crippen LogP contribution in [0.15, 0.2) is 48.6 Å². The van der Waals surface area contributed by atoms with Crippen molar-refractivity contribution < 1.29 is 9.47 Å². The van der Waals surface area contributed by atoms with Gasteiger partial charge in [-0.25, -0.2) is 9.97 Å². The molecule has 4 unspecified atom stereocenters. The van der Waals surface area contributed by atoms with Crippen molar-refractivity contribution in [2.24, 2.45) is 17.8 Å². The Balaban J connectivity index is 0.000000156. The average Bonchev–Trinajstić information content (AvgIpc) is 3.97. The fourth-order valence-electron chi connectivity index (χ4n) is 9.82. The fraction of sp³-hybridized carbons (Fsp3) is 0.591. The second-order valence-electron chi connectivity index (χ2n) is 15.8. The van der Waals surface area contributed by atoms with E-state index in [1.165, 1.54) is 102 Å². The van der Waals surface area contributed by atoms with E-state index in [0.717, 1.165) is 81.7 Å². The molecule has 0 N–H and O–H groups in total. The van der Waals surface area contributed by atoms with Crippen molar-refractivity contribution in [2.45, 2.75) is 124 Å². The molecule has 0 aromatic carbocycles. The molecule has 4 aromatic heterocycles. The van der Waals surface area contributed by atoms with Crippen LogP contribution in [0.4, 0.5) is 0 Å². The number of hydrogen-bond donors (Lipinski definition) is 0. The normalized spacial score (nSPS) is 25.9. The van der Waals surface area contributed by atoms with Gasteiger partial charge in [-0.1, -0.05) is 85.5 Å². The van der Waals surface area contributed by atoms with Crippen molar-refractivity contribution in [3.05, 3.63) is 82.8 Å². The number of aromatic nitrogens is 6. The van der Waals surface area contributed by atoms with Gasteiger partial charge in [0.05, 0.1) is 59.8 Å². The lowest BCUT2D eigenvalue weighted by Crippen LogP contribution is -2.17. The Bertz CT molecular complexity index is 1980. The molecule has 2 aliphatic heterocycles. The average molecular weight is 705 g/mol. The summed E-state index contributed by atoms with van der Waals surface area (Å²) in [4.78, 5) is 19.4. The highest BCUT2D eigenvalue weighted by Crippen LogP contribution is 2.41. The van der Waals surface area contributed by atoms with E-state index in [0.29, 0.717) is 17.8 Å². The summed E-state index contributed by atoms with van der Waals surface area (Å²) in [7, 11) is 0. The minimum absolute atomic E-state index is 0. The maximum atomic E-state index is 5.57. The molecule has 4 aliphatic carbocycles. The van der Waals surface area contributed by atoms with E-state index in [-0.39, 0.29) is 14.9 Å². The molecular formula is C44H60N6O2. The van der Waals surface area contributed by atoms with Crippen molar-refractivity contribution >= 4 is 22.4 Å². The van der Waals surface area contributed by atoms with Gasteiger partial charge in [-0.2, -0.15) is 0 Å². The number of nitrogens with zero attached hydrogens (tertiary/aromatic N) is 6. The first-order valence-electron chi connectivity index (χ1n) is 19.6. The molecular weight excluding hydrogens is 645 g/mol. The van der Waals surface area contributed by atoms with E-state index in [1.807, 2.05) is 12.4 Å². The summed E-state index contributed by atoms with van der Waals surface area (Å²) in [6, 6.07) is 0. The summed E-state index contributed by atoms with van der Waals surface area (Å²) in [6.07, 6.45) is 31.2. The maximum Gasteiger partial charge on any atom is 0.156 e. The quantitative estimate of drug-likeness (QED) is 0.210. The molecule has 0 spiro atoms. The molecule has 0 bridgehead atoms. The molecule has 6 heterocycles. The van der Waals surface area contributed by atoms with Crippen molar-refractivity contribution in [3.8, 4) is 0 Å². The first-order chi connectivity index (χ1) is 24.6. The molecule has 8 heteroatoms. The summed E-state index contributed by atoms with van der Waals surface area (Å²) in [5, 5.41) is 0. The van der Waals surface area contributed by atoms with Crippen LogP contribution in [0.25, 0.3) is 22.4 Å². The molecule has 4 atom stereocenters. The van der Waals surface area contributed by atoms with Crippen LogP contribution in [0, 0.1) is 17.8 Å². The van der Waals surface area contributed by atoms with E-state index in [1.54, 1.807) is 0 Å². The molecule has 278 valence electrons. The van der Waals surface area contributed by atoms with Crippen LogP contribution in [0.3, 0.4) is 0 Å². The lowest BCUT2D eigenvalue weighted by Gasteiger charge is -2.27. The molecule has 6 aliphatic rings. The van der Waals surface area contributed by atoms with Gasteiger partial charge in [0.2, 0.25) is 0 Å². The molecule has 3 fully saturated rings. The summed E-state index contributed by atoms with van der Waals surface area (Å²) in [5.41, 5.74) is 13.8. The Hall–Kier alpha value is -3.62. The van der Waals surface area contributed by atoms with Gasteiger partial charge in [-0.15, -0.1) is 0 Å². The zero-order chi connectivity index (χ0) is 33.6. The molecule has 52 heavy (non-hydrogen) atoms. The van der Waals surface area contributed by atoms with Crippen LogP contribution in [0.2, 0.25) is 0 Å². The Morgan fingerprint density at radius 1 is 0.635 bits per heavy atom. The molecule has 2 saturated carbocycles. The van der Waals surface area contributed by atoms with Gasteiger partial charge in [-0.05, 0) is 66.6 Å². The summed E-state index contributed by atoms with van der Waals surface area (Å²) in [6.45, 7) is 8.08. The van der Waals surface area contributed by atoms with Crippen LogP contribution in [-0.2, 0) is 22.3 Å². The zero-order valence-corrected chi connectivity index (χ0v) is 29.9. The van der Waals surface area contributed by atoms with Crippen LogP contribution in [-0.4, -0.2) is 55.2 Å². The maximum absolute atomic E-state index is 5.57. The number of allylic oxidation sites excluding steroid dienone is 4. The molecule has 8 nitrogen and oxygen atoms in total. The highest BCUT2D eigenvalue weighted by atomic mass is 16.5. The monoisotopic (exact) mass is 704 g/mol. The number of imidazole rings is 2. The van der Waals surface area contributed by atoms with Crippen molar-refractivity contribution in [1.29, 1.82) is 0 Å². The summed E-state index contributed by atoms with van der Waals surface area (Å²) < 4.78 is 15.7. The lowest BCUT2D eigenvalue weighted by molar-refractivity contribution is 0.0807. The van der Waals surface area contributed by atoms with Gasteiger partial charge >= 0.3 is 0 Å². The zero-order valence-electron chi connectivity index (χ0n) is 29.9. The third-order valence-corrected chi connectivity index (χ3v) is 12.7. The summed E-state index contributed by atoms with van der Waals surface area (Å²) >= 11 is 0. The minimum atomic E-state index is 0. The first kappa shape index (κ1) is 36.7. The SMILES string of the molecule is C.C.CC1CCCCC1c1cn2c3c(ncc2n1)CC=C3C1=CCOCC1.CC1CCCCC1c1cn2c3c(ncc2n1)CC=C3C1CCOCC1. The second kappa shape index (κ2) is 15.8. The van der Waals surface area contributed by atoms with E-state index in [9.17, 15) is 0 Å². The van der Waals surface area contributed by atoms with Crippen LogP contribution in [0.5, 0.6) is 0 Å². The third-order valence-electron chi connectivity index (χ3n) is 12.7. The van der Waals surface area contributed by atoms with Gasteiger partial charge in [0.15, 0.2) is 11.3 Å². The molecule has 10 rings (SSSR count). The lowest BCUT2D eigenvalue weighted by atomic mass is 9.79. The Labute approximate surface area is 310 Å². The standard InChI is InChI=1S/C21H27N3O.C21H25N3O.2CH4/c2*1-14-4-2-3-5-16(14)19-13-24-20(23-19)12-22-18-7-6-17(21(18)24)15-8-10-25-11-9-15;;/h6,12-16H,2-5,7-11H2,1H3;6,8,12-14,16H,2-5,7,9-11H2,1H3;2*1H4. The topological polar surface area (TPSA) is 78.8 Å². The van der Waals surface area contributed by atoms with Gasteiger partial charge < -0.3 is 9.47 Å². The highest BCUT2D eigenvalue weighted by Gasteiger charge is 2.31. The molecule has 4 aromatic rings. The minimum Gasteiger partial charge on any atom is -0.381 e. The van der Waals surface area contributed by atoms with Crippen molar-refractivity contribution in [2.75, 3.05) is 26.4 Å². The molecule has 0 radical (unpaired) electrons. The second-order valence-corrected chi connectivity index (χ2v) is 15.8. The van der Waals surface area contributed by atoms with Crippen molar-refractivity contribution in [1.82, 2.24) is 28.7 Å². The smallest absolute Gasteiger partial charge is 0.156 e. The fourth-order valence-corrected chi connectivity index (χ4v) is 9.82. The Morgan fingerprint density at radius 3 is 1.81 bits per heavy atom. The van der Waals surface area contributed by atoms with E-state index < -0.39 is 0 Å². The van der Waals surface area contributed by atoms with Crippen molar-refractivity contribution in [3.63, 3.8) is 0 Å². The highest BCUT2D eigenvalue weighted by molar-refractivity contribution is 5.82. The summed E-state index contributed by atoms with van der Waals surface area (Å²) in [5.74, 6) is 3.29. The molecule has 0 amide bonds. The van der Waals surface area contributed by atoms with Gasteiger partial charge in [0.1, 0.15) is 0 Å². The number of hydrogen-bond acceptors (Lipinski definition) is 6. The van der Waals surface area contributed by atoms with Gasteiger partial charge in [0.25, 0.3) is 0 Å². The van der Waals surface area contributed by atoms with Crippen LogP contribution < -0.4 is 0 Å². The Morgan fingerprint density at radius 2 is 1.21 bits per heavy atom. The first-order valence-corrected chi connectivity index (χ1v) is 19.6. The third kappa shape index (κ3) is 6.82. The predicted molar refractivity (Wildman–Crippen MR) is 211 cm³/mol. The number of rotatable bonds is 4. The van der Waals surface area contributed by atoms with Gasteiger partial charge in [-0.3, -0.25) is 18.8 Å². The van der Waals surface area contributed by atoms with Crippen LogP contribution >= 0.6 is 0 Å².